The number of alkyl halides is 3. The fourth-order valence-corrected chi connectivity index (χ4v) is 3.96. The van der Waals surface area contributed by atoms with Crippen molar-refractivity contribution in [3.8, 4) is 16.9 Å². The van der Waals surface area contributed by atoms with E-state index in [2.05, 4.69) is 4.98 Å². The highest BCUT2D eigenvalue weighted by Gasteiger charge is 2.30. The normalized spacial score (nSPS) is 15.8. The molecule has 2 heterocycles. The number of aryl methyl sites for hydroxylation is 1. The number of nitrogens with zero attached hydrogens (tertiary/aromatic N) is 1. The van der Waals surface area contributed by atoms with Gasteiger partial charge in [0.25, 0.3) is 0 Å². The fourth-order valence-electron chi connectivity index (χ4n) is 3.96. The highest BCUT2D eigenvalue weighted by molar-refractivity contribution is 5.89. The second kappa shape index (κ2) is 8.41. The maximum atomic E-state index is 12.8. The average Bonchev–Trinajstić information content (AvgIpc) is 2.77. The fraction of sp³-hybridized carbons (Fsp3) is 0.250. The van der Waals surface area contributed by atoms with Crippen LogP contribution in [0.25, 0.3) is 11.1 Å². The standard InChI is InChI=1S/C24H20F3NO3/c25-24(26,27)19-6-3-15(4-7-19)17-5-8-20-16(10-12-31-22(20)13-17)1-2-18-14-28-11-9-21(18)23(29)30/h3-9,11,13-14,16H,1-2,10,12H2,(H,29,30). The smallest absolute Gasteiger partial charge is 0.416 e. The first-order valence-corrected chi connectivity index (χ1v) is 9.93. The summed E-state index contributed by atoms with van der Waals surface area (Å²) in [5.41, 5.74) is 2.78. The maximum absolute atomic E-state index is 12.8. The summed E-state index contributed by atoms with van der Waals surface area (Å²) in [4.78, 5) is 15.5. The Kier molecular flexibility index (Phi) is 5.67. The molecule has 0 saturated heterocycles. The third-order valence-electron chi connectivity index (χ3n) is 5.62. The van der Waals surface area contributed by atoms with E-state index in [1.165, 1.54) is 24.4 Å². The van der Waals surface area contributed by atoms with Crippen LogP contribution in [0.5, 0.6) is 5.75 Å². The summed E-state index contributed by atoms with van der Waals surface area (Å²) in [6, 6.07) is 12.3. The van der Waals surface area contributed by atoms with Crippen molar-refractivity contribution in [2.45, 2.75) is 31.4 Å². The first kappa shape index (κ1) is 20.9. The summed E-state index contributed by atoms with van der Waals surface area (Å²) in [5.74, 6) is -0.0449. The zero-order valence-corrected chi connectivity index (χ0v) is 16.5. The van der Waals surface area contributed by atoms with Gasteiger partial charge in [0, 0.05) is 12.4 Å². The highest BCUT2D eigenvalue weighted by atomic mass is 19.4. The molecule has 1 aliphatic heterocycles. The molecular formula is C24H20F3NO3. The minimum atomic E-state index is -4.36. The number of carboxylic acid groups (broad SMARTS) is 1. The van der Waals surface area contributed by atoms with E-state index in [4.69, 9.17) is 4.74 Å². The monoisotopic (exact) mass is 427 g/mol. The number of pyridine rings is 1. The van der Waals surface area contributed by atoms with Crippen LogP contribution in [0.3, 0.4) is 0 Å². The maximum Gasteiger partial charge on any atom is 0.416 e. The summed E-state index contributed by atoms with van der Waals surface area (Å²) in [6.07, 6.45) is 0.855. The van der Waals surface area contributed by atoms with E-state index in [-0.39, 0.29) is 11.5 Å². The van der Waals surface area contributed by atoms with Gasteiger partial charge in [-0.1, -0.05) is 24.3 Å². The molecule has 0 fully saturated rings. The lowest BCUT2D eigenvalue weighted by molar-refractivity contribution is -0.137. The lowest BCUT2D eigenvalue weighted by atomic mass is 9.86. The van der Waals surface area contributed by atoms with Gasteiger partial charge in [0.2, 0.25) is 0 Å². The number of carboxylic acids is 1. The number of ether oxygens (including phenoxy) is 1. The topological polar surface area (TPSA) is 59.4 Å². The number of benzene rings is 2. The van der Waals surface area contributed by atoms with Crippen LogP contribution in [0.4, 0.5) is 13.2 Å². The van der Waals surface area contributed by atoms with E-state index in [9.17, 15) is 23.1 Å². The largest absolute Gasteiger partial charge is 0.493 e. The van der Waals surface area contributed by atoms with E-state index in [1.807, 2.05) is 18.2 Å². The molecule has 1 N–H and O–H groups in total. The molecule has 1 unspecified atom stereocenters. The van der Waals surface area contributed by atoms with Crippen molar-refractivity contribution >= 4 is 5.97 Å². The molecule has 0 radical (unpaired) electrons. The van der Waals surface area contributed by atoms with Crippen LogP contribution >= 0.6 is 0 Å². The molecule has 0 saturated carbocycles. The SMILES string of the molecule is O=C(O)c1ccncc1CCC1CCOc2cc(-c3ccc(C(F)(F)F)cc3)ccc21. The summed E-state index contributed by atoms with van der Waals surface area (Å²) in [7, 11) is 0. The number of aromatic nitrogens is 1. The molecule has 160 valence electrons. The van der Waals surface area contributed by atoms with E-state index in [0.29, 0.717) is 24.2 Å². The van der Waals surface area contributed by atoms with Crippen molar-refractivity contribution in [1.82, 2.24) is 4.98 Å². The van der Waals surface area contributed by atoms with Gasteiger partial charge in [-0.25, -0.2) is 4.79 Å². The molecule has 0 amide bonds. The Morgan fingerprint density at radius 3 is 2.55 bits per heavy atom. The Bertz CT molecular complexity index is 1090. The predicted octanol–water partition coefficient (Wildman–Crippen LogP) is 5.96. The second-order valence-electron chi connectivity index (χ2n) is 7.54. The second-order valence-corrected chi connectivity index (χ2v) is 7.54. The van der Waals surface area contributed by atoms with E-state index in [0.717, 1.165) is 41.9 Å². The van der Waals surface area contributed by atoms with Gasteiger partial charge in [-0.2, -0.15) is 13.2 Å². The van der Waals surface area contributed by atoms with Gasteiger partial charge in [0.05, 0.1) is 17.7 Å². The first-order chi connectivity index (χ1) is 14.8. The summed E-state index contributed by atoms with van der Waals surface area (Å²) in [5, 5.41) is 9.35. The molecule has 2 aromatic carbocycles. The number of carbonyl (C=O) groups is 1. The molecule has 4 rings (SSSR count). The molecule has 7 heteroatoms. The Morgan fingerprint density at radius 2 is 1.84 bits per heavy atom. The molecule has 1 atom stereocenters. The van der Waals surface area contributed by atoms with Crippen LogP contribution < -0.4 is 4.74 Å². The molecule has 4 nitrogen and oxygen atoms in total. The van der Waals surface area contributed by atoms with Crippen LogP contribution in [0.2, 0.25) is 0 Å². The minimum Gasteiger partial charge on any atom is -0.493 e. The number of halogens is 3. The van der Waals surface area contributed by atoms with Gasteiger partial charge in [-0.15, -0.1) is 0 Å². The van der Waals surface area contributed by atoms with Gasteiger partial charge in [-0.3, -0.25) is 4.98 Å². The van der Waals surface area contributed by atoms with Gasteiger partial charge in [-0.05, 0) is 71.7 Å². The van der Waals surface area contributed by atoms with Gasteiger partial charge in [0.1, 0.15) is 5.75 Å². The third kappa shape index (κ3) is 4.55. The van der Waals surface area contributed by atoms with Crippen LogP contribution in [-0.4, -0.2) is 22.7 Å². The minimum absolute atomic E-state index is 0.201. The number of hydrogen-bond acceptors (Lipinski definition) is 3. The number of fused-ring (bicyclic) bond motifs is 1. The van der Waals surface area contributed by atoms with Gasteiger partial charge in [0.15, 0.2) is 0 Å². The number of rotatable bonds is 5. The molecule has 1 aliphatic rings. The molecule has 0 spiro atoms. The van der Waals surface area contributed by atoms with Crippen LogP contribution in [0.15, 0.2) is 60.9 Å². The summed E-state index contributed by atoms with van der Waals surface area (Å²) in [6.45, 7) is 0.535. The summed E-state index contributed by atoms with van der Waals surface area (Å²) >= 11 is 0. The van der Waals surface area contributed by atoms with E-state index >= 15 is 0 Å². The van der Waals surface area contributed by atoms with E-state index < -0.39 is 17.7 Å². The van der Waals surface area contributed by atoms with Gasteiger partial charge < -0.3 is 9.84 Å². The molecule has 31 heavy (non-hydrogen) atoms. The summed E-state index contributed by atoms with van der Waals surface area (Å²) < 4.78 is 44.2. The Morgan fingerprint density at radius 1 is 1.10 bits per heavy atom. The Labute approximate surface area is 177 Å². The molecule has 0 aliphatic carbocycles. The average molecular weight is 427 g/mol. The Balaban J connectivity index is 1.53. The van der Waals surface area contributed by atoms with Crippen molar-refractivity contribution in [3.63, 3.8) is 0 Å². The zero-order chi connectivity index (χ0) is 22.0. The van der Waals surface area contributed by atoms with Crippen molar-refractivity contribution in [1.29, 1.82) is 0 Å². The zero-order valence-electron chi connectivity index (χ0n) is 16.5. The van der Waals surface area contributed by atoms with Gasteiger partial charge >= 0.3 is 12.1 Å². The number of hydrogen-bond donors (Lipinski definition) is 1. The quantitative estimate of drug-likeness (QED) is 0.545. The van der Waals surface area contributed by atoms with Crippen LogP contribution in [0, 0.1) is 0 Å². The molecule has 3 aromatic rings. The molecular weight excluding hydrogens is 407 g/mol. The molecule has 0 bridgehead atoms. The number of aromatic carboxylic acids is 1. The predicted molar refractivity (Wildman–Crippen MR) is 109 cm³/mol. The molecule has 1 aromatic heterocycles. The van der Waals surface area contributed by atoms with Crippen molar-refractivity contribution < 1.29 is 27.8 Å². The van der Waals surface area contributed by atoms with E-state index in [1.54, 1.807) is 6.20 Å². The van der Waals surface area contributed by atoms with Crippen molar-refractivity contribution in [2.75, 3.05) is 6.61 Å². The highest BCUT2D eigenvalue weighted by Crippen LogP contribution is 2.39. The van der Waals surface area contributed by atoms with Crippen molar-refractivity contribution in [3.05, 3.63) is 83.2 Å². The first-order valence-electron chi connectivity index (χ1n) is 9.93. The third-order valence-corrected chi connectivity index (χ3v) is 5.62. The van der Waals surface area contributed by atoms with Crippen LogP contribution in [0.1, 0.15) is 45.8 Å². The Hall–Kier alpha value is -3.35. The lowest BCUT2D eigenvalue weighted by Gasteiger charge is -2.26. The lowest BCUT2D eigenvalue weighted by Crippen LogP contribution is -2.15. The van der Waals surface area contributed by atoms with Crippen LogP contribution in [-0.2, 0) is 12.6 Å². The van der Waals surface area contributed by atoms with Crippen molar-refractivity contribution in [2.24, 2.45) is 0 Å².